The second-order valence-electron chi connectivity index (χ2n) is 7.27. The summed E-state index contributed by atoms with van der Waals surface area (Å²) in [4.78, 5) is 25.7. The first kappa shape index (κ1) is 22.5. The second-order valence-corrected chi connectivity index (χ2v) is 7.27. The Bertz CT molecular complexity index is 1040. The lowest BCUT2D eigenvalue weighted by atomic mass is 10.1. The summed E-state index contributed by atoms with van der Waals surface area (Å²) < 4.78 is 0. The third-order valence-electron chi connectivity index (χ3n) is 4.92. The number of benzene rings is 3. The largest absolute Gasteiger partial charge is 0.352 e. The third kappa shape index (κ3) is 6.96. The third-order valence-corrected chi connectivity index (χ3v) is 4.92. The highest BCUT2D eigenvalue weighted by atomic mass is 16.2. The predicted octanol–water partition coefficient (Wildman–Crippen LogP) is 3.66. The summed E-state index contributed by atoms with van der Waals surface area (Å²) in [5.41, 5.74) is 3.45. The molecule has 0 radical (unpaired) electrons. The molecule has 3 rings (SSSR count). The number of hydrogen-bond donors (Lipinski definition) is 2. The molecule has 160 valence electrons. The lowest BCUT2D eigenvalue weighted by molar-refractivity contribution is -0.123. The molecule has 0 aliphatic rings. The molecule has 3 aromatic carbocycles. The van der Waals surface area contributed by atoms with Crippen LogP contribution in [0.4, 0.5) is 0 Å². The minimum atomic E-state index is -0.428. The van der Waals surface area contributed by atoms with Gasteiger partial charge in [0.1, 0.15) is 5.57 Å². The van der Waals surface area contributed by atoms with Crippen LogP contribution < -0.4 is 10.6 Å². The lowest BCUT2D eigenvalue weighted by Gasteiger charge is -2.11. The van der Waals surface area contributed by atoms with Crippen molar-refractivity contribution < 1.29 is 9.59 Å². The molecule has 32 heavy (non-hydrogen) atoms. The Balaban J connectivity index is 1.67. The van der Waals surface area contributed by atoms with E-state index in [4.69, 9.17) is 5.26 Å². The van der Waals surface area contributed by atoms with E-state index in [1.165, 1.54) is 0 Å². The number of nitrogens with zero attached hydrogens (tertiary/aromatic N) is 1. The molecule has 0 spiro atoms. The Morgan fingerprint density at radius 3 is 1.62 bits per heavy atom. The van der Waals surface area contributed by atoms with Crippen molar-refractivity contribution in [1.82, 2.24) is 10.6 Å². The molecular weight excluding hydrogens is 398 g/mol. The highest BCUT2D eigenvalue weighted by Crippen LogP contribution is 2.10. The highest BCUT2D eigenvalue weighted by molar-refractivity contribution is 6.21. The average molecular weight is 424 g/mol. The maximum atomic E-state index is 12.8. The summed E-state index contributed by atoms with van der Waals surface area (Å²) in [6, 6.07) is 28.5. The van der Waals surface area contributed by atoms with Crippen LogP contribution in [-0.2, 0) is 22.4 Å². The normalized spacial score (nSPS) is 9.97. The minimum Gasteiger partial charge on any atom is -0.352 e. The van der Waals surface area contributed by atoms with Crippen LogP contribution in [0.15, 0.2) is 90.5 Å². The minimum absolute atomic E-state index is 0.0378. The number of carbonyl (C=O) groups excluding carboxylic acids is 2. The fourth-order valence-corrected chi connectivity index (χ4v) is 3.18. The zero-order valence-electron chi connectivity index (χ0n) is 17.8. The van der Waals surface area contributed by atoms with Gasteiger partial charge >= 0.3 is 0 Å². The first-order valence-corrected chi connectivity index (χ1v) is 10.5. The number of nitrogens with one attached hydrogen (secondary N) is 2. The van der Waals surface area contributed by atoms with Gasteiger partial charge in [-0.3, -0.25) is 9.59 Å². The zero-order chi connectivity index (χ0) is 22.6. The molecule has 2 N–H and O–H groups in total. The molecule has 0 fully saturated rings. The van der Waals surface area contributed by atoms with Gasteiger partial charge in [-0.1, -0.05) is 72.8 Å². The van der Waals surface area contributed by atoms with E-state index in [9.17, 15) is 9.59 Å². The Kier molecular flexibility index (Phi) is 8.35. The van der Waals surface area contributed by atoms with Gasteiger partial charge in [-0.2, -0.15) is 5.26 Å². The van der Waals surface area contributed by atoms with E-state index in [1.807, 2.05) is 60.7 Å². The van der Waals surface area contributed by atoms with Crippen molar-refractivity contribution in [3.63, 3.8) is 0 Å². The molecule has 0 saturated heterocycles. The van der Waals surface area contributed by atoms with Crippen molar-refractivity contribution in [2.24, 2.45) is 0 Å². The standard InChI is InChI=1S/C27H25N3O2/c28-20-24-13-11-23(12-14-24)19-25(26(31)29-17-15-21-7-3-1-4-8-21)27(32)30-18-16-22-9-5-2-6-10-22/h1-14,19H,15-18H2,(H,29,31)(H,30,32). The maximum Gasteiger partial charge on any atom is 0.256 e. The molecule has 0 aromatic heterocycles. The summed E-state index contributed by atoms with van der Waals surface area (Å²) in [5.74, 6) is -0.856. The zero-order valence-corrected chi connectivity index (χ0v) is 17.8. The van der Waals surface area contributed by atoms with E-state index >= 15 is 0 Å². The smallest absolute Gasteiger partial charge is 0.256 e. The van der Waals surface area contributed by atoms with E-state index in [-0.39, 0.29) is 5.57 Å². The van der Waals surface area contributed by atoms with Gasteiger partial charge in [0.15, 0.2) is 0 Å². The number of rotatable bonds is 9. The first-order valence-electron chi connectivity index (χ1n) is 10.5. The quantitative estimate of drug-likeness (QED) is 0.313. The molecule has 5 heteroatoms. The highest BCUT2D eigenvalue weighted by Gasteiger charge is 2.18. The van der Waals surface area contributed by atoms with E-state index < -0.39 is 11.8 Å². The molecule has 0 aliphatic carbocycles. The van der Waals surface area contributed by atoms with Crippen molar-refractivity contribution in [2.45, 2.75) is 12.8 Å². The molecular formula is C27H25N3O2. The van der Waals surface area contributed by atoms with Crippen LogP contribution in [0.3, 0.4) is 0 Å². The van der Waals surface area contributed by atoms with Crippen LogP contribution in [0.1, 0.15) is 22.3 Å². The second kappa shape index (κ2) is 11.9. The molecule has 5 nitrogen and oxygen atoms in total. The summed E-state index contributed by atoms with van der Waals surface area (Å²) in [6.45, 7) is 0.843. The van der Waals surface area contributed by atoms with E-state index in [1.54, 1.807) is 30.3 Å². The molecule has 0 saturated carbocycles. The van der Waals surface area contributed by atoms with Crippen molar-refractivity contribution in [3.05, 3.63) is 113 Å². The van der Waals surface area contributed by atoms with Gasteiger partial charge in [-0.15, -0.1) is 0 Å². The molecule has 0 bridgehead atoms. The van der Waals surface area contributed by atoms with E-state index in [0.29, 0.717) is 37.1 Å². The Morgan fingerprint density at radius 2 is 1.19 bits per heavy atom. The fourth-order valence-electron chi connectivity index (χ4n) is 3.18. The Hall–Kier alpha value is -4.17. The molecule has 0 atom stereocenters. The maximum absolute atomic E-state index is 12.8. The summed E-state index contributed by atoms with van der Waals surface area (Å²) in [6.07, 6.45) is 2.90. The van der Waals surface area contributed by atoms with Crippen LogP contribution in [0, 0.1) is 11.3 Å². The molecule has 0 aliphatic heterocycles. The van der Waals surface area contributed by atoms with Gasteiger partial charge in [0.25, 0.3) is 11.8 Å². The van der Waals surface area contributed by atoms with Crippen molar-refractivity contribution in [2.75, 3.05) is 13.1 Å². The van der Waals surface area contributed by atoms with Crippen LogP contribution in [0.25, 0.3) is 6.08 Å². The number of hydrogen-bond acceptors (Lipinski definition) is 3. The molecule has 0 unspecified atom stereocenters. The van der Waals surface area contributed by atoms with Crippen molar-refractivity contribution in [3.8, 4) is 6.07 Å². The fraction of sp³-hybridized carbons (Fsp3) is 0.148. The number of carbonyl (C=O) groups is 2. The van der Waals surface area contributed by atoms with Crippen LogP contribution in [0.2, 0.25) is 0 Å². The molecule has 3 aromatic rings. The monoisotopic (exact) mass is 423 g/mol. The number of nitriles is 1. The molecule has 0 heterocycles. The van der Waals surface area contributed by atoms with Gasteiger partial charge in [0.05, 0.1) is 11.6 Å². The Morgan fingerprint density at radius 1 is 0.719 bits per heavy atom. The van der Waals surface area contributed by atoms with Crippen molar-refractivity contribution >= 4 is 17.9 Å². The van der Waals surface area contributed by atoms with Crippen LogP contribution in [-0.4, -0.2) is 24.9 Å². The van der Waals surface area contributed by atoms with Gasteiger partial charge in [0.2, 0.25) is 0 Å². The topological polar surface area (TPSA) is 82.0 Å². The predicted molar refractivity (Wildman–Crippen MR) is 125 cm³/mol. The van der Waals surface area contributed by atoms with Gasteiger partial charge < -0.3 is 10.6 Å². The van der Waals surface area contributed by atoms with Gasteiger partial charge in [0, 0.05) is 13.1 Å². The van der Waals surface area contributed by atoms with Crippen LogP contribution in [0.5, 0.6) is 0 Å². The number of amides is 2. The summed E-state index contributed by atoms with van der Waals surface area (Å²) in [5, 5.41) is 14.7. The van der Waals surface area contributed by atoms with Crippen molar-refractivity contribution in [1.29, 1.82) is 5.26 Å². The van der Waals surface area contributed by atoms with Gasteiger partial charge in [-0.25, -0.2) is 0 Å². The first-order chi connectivity index (χ1) is 15.7. The lowest BCUT2D eigenvalue weighted by Crippen LogP contribution is -2.36. The van der Waals surface area contributed by atoms with E-state index in [0.717, 1.165) is 11.1 Å². The van der Waals surface area contributed by atoms with Gasteiger partial charge in [-0.05, 0) is 47.7 Å². The summed E-state index contributed by atoms with van der Waals surface area (Å²) >= 11 is 0. The Labute approximate surface area is 188 Å². The van der Waals surface area contributed by atoms with Crippen LogP contribution >= 0.6 is 0 Å². The SMILES string of the molecule is N#Cc1ccc(C=C(C(=O)NCCc2ccccc2)C(=O)NCCc2ccccc2)cc1. The molecule has 2 amide bonds. The van der Waals surface area contributed by atoms with E-state index in [2.05, 4.69) is 16.7 Å². The average Bonchev–Trinajstić information content (AvgIpc) is 2.84. The summed E-state index contributed by atoms with van der Waals surface area (Å²) in [7, 11) is 0.